The molecule has 0 aliphatic carbocycles. The molecule has 0 heterocycles. The summed E-state index contributed by atoms with van der Waals surface area (Å²) in [5.74, 6) is -0.101. The molecule has 4 nitrogen and oxygen atoms in total. The van der Waals surface area contributed by atoms with Gasteiger partial charge in [0.25, 0.3) is 0 Å². The quantitative estimate of drug-likeness (QED) is 0.338. The van der Waals surface area contributed by atoms with Crippen molar-refractivity contribution in [2.24, 2.45) is 10.9 Å². The zero-order valence-electron chi connectivity index (χ0n) is 9.45. The second kappa shape index (κ2) is 6.56. The van der Waals surface area contributed by atoms with Gasteiger partial charge in [0.1, 0.15) is 11.7 Å². The number of oxime groups is 1. The van der Waals surface area contributed by atoms with E-state index in [1.54, 1.807) is 12.1 Å². The van der Waals surface area contributed by atoms with Crippen LogP contribution < -0.4 is 11.1 Å². The second-order valence-electron chi connectivity index (χ2n) is 3.81. The predicted octanol–water partition coefficient (Wildman–Crippen LogP) is 2.20. The van der Waals surface area contributed by atoms with E-state index in [4.69, 9.17) is 10.9 Å². The highest BCUT2D eigenvalue weighted by molar-refractivity contribution is 9.10. The summed E-state index contributed by atoms with van der Waals surface area (Å²) in [6, 6.07) is 4.79. The Morgan fingerprint density at radius 1 is 1.65 bits per heavy atom. The molecule has 0 radical (unpaired) electrons. The molecule has 1 aromatic carbocycles. The van der Waals surface area contributed by atoms with Gasteiger partial charge >= 0.3 is 0 Å². The number of benzene rings is 1. The van der Waals surface area contributed by atoms with Crippen LogP contribution >= 0.6 is 15.9 Å². The molecule has 1 unspecified atom stereocenters. The lowest BCUT2D eigenvalue weighted by atomic mass is 10.1. The van der Waals surface area contributed by atoms with Gasteiger partial charge in [0.2, 0.25) is 0 Å². The number of nitrogens with two attached hydrogens (primary N) is 1. The lowest BCUT2D eigenvalue weighted by Gasteiger charge is -2.13. The zero-order chi connectivity index (χ0) is 12.8. The zero-order valence-corrected chi connectivity index (χ0v) is 11.0. The van der Waals surface area contributed by atoms with Crippen molar-refractivity contribution < 1.29 is 9.60 Å². The molecule has 0 aromatic heterocycles. The second-order valence-corrected chi connectivity index (χ2v) is 4.73. The van der Waals surface area contributed by atoms with Crippen LogP contribution in [0.2, 0.25) is 0 Å². The maximum Gasteiger partial charge on any atom is 0.140 e. The first-order valence-electron chi connectivity index (χ1n) is 5.16. The number of hydrogen-bond acceptors (Lipinski definition) is 3. The molecule has 0 spiro atoms. The Morgan fingerprint density at radius 2 is 2.35 bits per heavy atom. The van der Waals surface area contributed by atoms with Crippen LogP contribution in [-0.4, -0.2) is 17.1 Å². The summed E-state index contributed by atoms with van der Waals surface area (Å²) < 4.78 is 14.2. The van der Waals surface area contributed by atoms with Gasteiger partial charge in [-0.15, -0.1) is 0 Å². The van der Waals surface area contributed by atoms with Crippen LogP contribution in [0.5, 0.6) is 0 Å². The van der Waals surface area contributed by atoms with E-state index in [1.807, 2.05) is 6.92 Å². The number of nitrogens with zero attached hydrogens (tertiary/aromatic N) is 1. The van der Waals surface area contributed by atoms with E-state index >= 15 is 0 Å². The fourth-order valence-electron chi connectivity index (χ4n) is 1.39. The fraction of sp³-hybridized carbons (Fsp3) is 0.364. The van der Waals surface area contributed by atoms with Crippen LogP contribution in [-0.2, 0) is 6.54 Å². The third-order valence-electron chi connectivity index (χ3n) is 2.29. The molecular formula is C11H15BrFN3O. The van der Waals surface area contributed by atoms with Crippen LogP contribution in [0.4, 0.5) is 4.39 Å². The van der Waals surface area contributed by atoms with Gasteiger partial charge in [-0.3, -0.25) is 0 Å². The molecule has 0 amide bonds. The third-order valence-corrected chi connectivity index (χ3v) is 2.79. The van der Waals surface area contributed by atoms with E-state index in [0.717, 1.165) is 4.47 Å². The van der Waals surface area contributed by atoms with Gasteiger partial charge in [-0.05, 0) is 25.1 Å². The summed E-state index contributed by atoms with van der Waals surface area (Å²) in [5.41, 5.74) is 5.95. The highest BCUT2D eigenvalue weighted by atomic mass is 79.9. The molecular weight excluding hydrogens is 289 g/mol. The Bertz CT molecular complexity index is 412. The monoisotopic (exact) mass is 303 g/mol. The highest BCUT2D eigenvalue weighted by Crippen LogP contribution is 2.15. The number of rotatable bonds is 5. The Balaban J connectivity index is 2.52. The molecule has 0 saturated carbocycles. The molecule has 1 atom stereocenters. The molecule has 0 saturated heterocycles. The molecule has 94 valence electrons. The lowest BCUT2D eigenvalue weighted by molar-refractivity contribution is 0.315. The topological polar surface area (TPSA) is 70.6 Å². The van der Waals surface area contributed by atoms with Gasteiger partial charge in [-0.2, -0.15) is 0 Å². The Kier molecular flexibility index (Phi) is 5.37. The van der Waals surface area contributed by atoms with Crippen LogP contribution in [0, 0.1) is 5.82 Å². The summed E-state index contributed by atoms with van der Waals surface area (Å²) in [6.45, 7) is 2.28. The minimum atomic E-state index is -0.253. The maximum absolute atomic E-state index is 13.4. The lowest BCUT2D eigenvalue weighted by Crippen LogP contribution is -2.31. The van der Waals surface area contributed by atoms with E-state index in [-0.39, 0.29) is 17.7 Å². The standard InChI is InChI=1S/C11H15BrFN3O/c1-7(4-11(14)16-17)15-6-8-5-9(12)2-3-10(8)13/h2-3,5,7,15,17H,4,6H2,1H3,(H2,14,16). The van der Waals surface area contributed by atoms with Crippen LogP contribution in [0.3, 0.4) is 0 Å². The molecule has 0 aliphatic heterocycles. The summed E-state index contributed by atoms with van der Waals surface area (Å²) in [6.07, 6.45) is 0.409. The summed E-state index contributed by atoms with van der Waals surface area (Å²) in [4.78, 5) is 0. The molecule has 1 aromatic rings. The predicted molar refractivity (Wildman–Crippen MR) is 68.4 cm³/mol. The number of hydrogen-bond donors (Lipinski definition) is 3. The van der Waals surface area contributed by atoms with Gasteiger partial charge in [0.05, 0.1) is 0 Å². The highest BCUT2D eigenvalue weighted by Gasteiger charge is 2.07. The Labute approximate surface area is 108 Å². The number of nitrogens with one attached hydrogen (secondary N) is 1. The molecule has 6 heteroatoms. The first kappa shape index (κ1) is 13.9. The summed E-state index contributed by atoms with van der Waals surface area (Å²) >= 11 is 3.29. The molecule has 17 heavy (non-hydrogen) atoms. The Hall–Kier alpha value is -1.14. The van der Waals surface area contributed by atoms with Crippen molar-refractivity contribution in [3.05, 3.63) is 34.1 Å². The van der Waals surface area contributed by atoms with E-state index in [0.29, 0.717) is 18.5 Å². The van der Waals surface area contributed by atoms with Crippen molar-refractivity contribution in [1.82, 2.24) is 5.32 Å². The van der Waals surface area contributed by atoms with E-state index in [2.05, 4.69) is 26.4 Å². The van der Waals surface area contributed by atoms with Gasteiger partial charge < -0.3 is 16.3 Å². The van der Waals surface area contributed by atoms with Crippen molar-refractivity contribution in [3.8, 4) is 0 Å². The van der Waals surface area contributed by atoms with E-state index in [9.17, 15) is 4.39 Å². The molecule has 4 N–H and O–H groups in total. The Morgan fingerprint density at radius 3 is 3.00 bits per heavy atom. The first-order chi connectivity index (χ1) is 8.02. The van der Waals surface area contributed by atoms with E-state index < -0.39 is 0 Å². The molecule has 0 fully saturated rings. The minimum Gasteiger partial charge on any atom is -0.409 e. The maximum atomic E-state index is 13.4. The van der Waals surface area contributed by atoms with Gasteiger partial charge in [0, 0.05) is 29.0 Å². The van der Waals surface area contributed by atoms with Crippen molar-refractivity contribution in [1.29, 1.82) is 0 Å². The van der Waals surface area contributed by atoms with Crippen molar-refractivity contribution >= 4 is 21.8 Å². The minimum absolute atomic E-state index is 0.00396. The summed E-state index contributed by atoms with van der Waals surface area (Å²) in [7, 11) is 0. The number of halogens is 2. The van der Waals surface area contributed by atoms with Crippen LogP contribution in [0.25, 0.3) is 0 Å². The molecule has 0 aliphatic rings. The number of amidine groups is 1. The van der Waals surface area contributed by atoms with Crippen molar-refractivity contribution in [3.63, 3.8) is 0 Å². The van der Waals surface area contributed by atoms with Gasteiger partial charge in [0.15, 0.2) is 0 Å². The largest absolute Gasteiger partial charge is 0.409 e. The fourth-order valence-corrected chi connectivity index (χ4v) is 1.80. The van der Waals surface area contributed by atoms with Gasteiger partial charge in [-0.1, -0.05) is 21.1 Å². The smallest absolute Gasteiger partial charge is 0.140 e. The molecule has 0 bridgehead atoms. The normalized spacial score (nSPS) is 13.7. The summed E-state index contributed by atoms with van der Waals surface area (Å²) in [5, 5.41) is 14.4. The first-order valence-corrected chi connectivity index (χ1v) is 5.96. The average Bonchev–Trinajstić information content (AvgIpc) is 2.30. The van der Waals surface area contributed by atoms with Crippen molar-refractivity contribution in [2.45, 2.75) is 25.9 Å². The van der Waals surface area contributed by atoms with Crippen molar-refractivity contribution in [2.75, 3.05) is 0 Å². The molecule has 1 rings (SSSR count). The third kappa shape index (κ3) is 4.70. The SMILES string of the molecule is CC(CC(N)=NO)NCc1cc(Br)ccc1F. The van der Waals surface area contributed by atoms with Crippen LogP contribution in [0.15, 0.2) is 27.8 Å². The van der Waals surface area contributed by atoms with E-state index in [1.165, 1.54) is 6.07 Å². The van der Waals surface area contributed by atoms with Crippen LogP contribution in [0.1, 0.15) is 18.9 Å². The van der Waals surface area contributed by atoms with Gasteiger partial charge in [-0.25, -0.2) is 4.39 Å². The average molecular weight is 304 g/mol.